The van der Waals surface area contributed by atoms with Crippen molar-refractivity contribution in [1.82, 2.24) is 14.6 Å². The largest absolute Gasteiger partial charge is 0.406 e. The number of pyridine rings is 1. The van der Waals surface area contributed by atoms with Crippen LogP contribution in [0, 0.1) is 0 Å². The first kappa shape index (κ1) is 18.2. The average molecular weight is 351 g/mol. The molecule has 1 aliphatic heterocycles. The minimum Gasteiger partial charge on any atom is -0.297 e. The molecular weight excluding hydrogens is 331 g/mol. The number of nitrogens with zero attached hydrogens (tertiary/aromatic N) is 2. The van der Waals surface area contributed by atoms with Gasteiger partial charge in [-0.1, -0.05) is 6.07 Å². The molecule has 0 spiro atoms. The molecule has 2 heterocycles. The van der Waals surface area contributed by atoms with Gasteiger partial charge < -0.3 is 0 Å². The van der Waals surface area contributed by atoms with Gasteiger partial charge in [-0.05, 0) is 31.9 Å². The minimum atomic E-state index is -4.76. The van der Waals surface area contributed by atoms with E-state index in [0.717, 1.165) is 5.69 Å². The highest BCUT2D eigenvalue weighted by atomic mass is 32.2. The van der Waals surface area contributed by atoms with Crippen LogP contribution in [0.15, 0.2) is 24.4 Å². The molecule has 0 radical (unpaired) electrons. The molecule has 0 aromatic carbocycles. The lowest BCUT2D eigenvalue weighted by atomic mass is 10.1. The van der Waals surface area contributed by atoms with Crippen molar-refractivity contribution >= 4 is 10.0 Å². The fourth-order valence-electron chi connectivity index (χ4n) is 2.44. The third-order valence-electron chi connectivity index (χ3n) is 3.96. The Hall–Kier alpha value is -1.19. The second-order valence-electron chi connectivity index (χ2n) is 5.72. The van der Waals surface area contributed by atoms with Gasteiger partial charge in [0.2, 0.25) is 10.0 Å². The predicted molar refractivity (Wildman–Crippen MR) is 80.1 cm³/mol. The molecule has 1 aliphatic rings. The van der Waals surface area contributed by atoms with Crippen LogP contribution in [0.4, 0.5) is 13.2 Å². The second-order valence-corrected chi connectivity index (χ2v) is 7.75. The van der Waals surface area contributed by atoms with E-state index in [1.54, 1.807) is 6.20 Å². The number of halogens is 3. The molecule has 2 rings (SSSR count). The lowest BCUT2D eigenvalue weighted by Crippen LogP contribution is -2.49. The topological polar surface area (TPSA) is 62.3 Å². The van der Waals surface area contributed by atoms with Gasteiger partial charge in [0.05, 0.1) is 5.69 Å². The third kappa shape index (κ3) is 5.15. The number of sulfonamides is 1. The van der Waals surface area contributed by atoms with E-state index in [4.69, 9.17) is 0 Å². The van der Waals surface area contributed by atoms with Crippen LogP contribution in [0.2, 0.25) is 0 Å². The highest BCUT2D eigenvalue weighted by Crippen LogP contribution is 2.26. The smallest absolute Gasteiger partial charge is 0.297 e. The van der Waals surface area contributed by atoms with Crippen molar-refractivity contribution in [2.24, 2.45) is 0 Å². The first-order valence-electron chi connectivity index (χ1n) is 7.38. The molecular formula is C14H20F3N3O2S. The van der Waals surface area contributed by atoms with Crippen molar-refractivity contribution in [2.75, 3.05) is 13.1 Å². The molecule has 1 aromatic heterocycles. The van der Waals surface area contributed by atoms with E-state index in [2.05, 4.69) is 14.6 Å². The number of hydrogen-bond donors (Lipinski definition) is 1. The van der Waals surface area contributed by atoms with Gasteiger partial charge in [-0.25, -0.2) is 13.1 Å². The fourth-order valence-corrected chi connectivity index (χ4v) is 3.70. The molecule has 0 bridgehead atoms. The van der Waals surface area contributed by atoms with E-state index in [-0.39, 0.29) is 0 Å². The van der Waals surface area contributed by atoms with Gasteiger partial charge in [0.25, 0.3) is 0 Å². The normalized spacial score (nSPS) is 19.7. The van der Waals surface area contributed by atoms with Crippen molar-refractivity contribution < 1.29 is 21.6 Å². The summed E-state index contributed by atoms with van der Waals surface area (Å²) in [6, 6.07) is 5.17. The standard InChI is InChI=1S/C14H20F3N3O2S/c1-11(14(15,16)17)23(21,22)19-12-5-8-20(9-6-12)10-13-4-2-3-7-18-13/h2-4,7,11-12,19H,5-6,8-10H2,1H3. The van der Waals surface area contributed by atoms with E-state index in [0.29, 0.717) is 39.4 Å². The van der Waals surface area contributed by atoms with Crippen LogP contribution in [-0.2, 0) is 16.6 Å². The molecule has 130 valence electrons. The number of aromatic nitrogens is 1. The molecule has 0 amide bonds. The van der Waals surface area contributed by atoms with Crippen LogP contribution in [0.5, 0.6) is 0 Å². The monoisotopic (exact) mass is 351 g/mol. The zero-order valence-corrected chi connectivity index (χ0v) is 13.6. The predicted octanol–water partition coefficient (Wildman–Crippen LogP) is 1.92. The van der Waals surface area contributed by atoms with Gasteiger partial charge in [0.15, 0.2) is 5.25 Å². The Kier molecular flexibility index (Phi) is 5.64. The highest BCUT2D eigenvalue weighted by Gasteiger charge is 2.45. The zero-order valence-electron chi connectivity index (χ0n) is 12.8. The number of piperidine rings is 1. The van der Waals surface area contributed by atoms with Gasteiger partial charge in [-0.15, -0.1) is 0 Å². The minimum absolute atomic E-state index is 0.454. The van der Waals surface area contributed by atoms with Gasteiger partial charge in [-0.3, -0.25) is 9.88 Å². The molecule has 9 heteroatoms. The molecule has 1 fully saturated rings. The van der Waals surface area contributed by atoms with Crippen LogP contribution in [-0.4, -0.2) is 48.9 Å². The summed E-state index contributed by atoms with van der Waals surface area (Å²) in [6.45, 7) is 2.55. The lowest BCUT2D eigenvalue weighted by Gasteiger charge is -2.32. The van der Waals surface area contributed by atoms with Crippen molar-refractivity contribution in [2.45, 2.75) is 43.8 Å². The Bertz CT molecular complexity index is 599. The molecule has 0 saturated carbocycles. The summed E-state index contributed by atoms with van der Waals surface area (Å²) < 4.78 is 63.4. The van der Waals surface area contributed by atoms with Gasteiger partial charge >= 0.3 is 6.18 Å². The van der Waals surface area contributed by atoms with Gasteiger partial charge in [0.1, 0.15) is 0 Å². The van der Waals surface area contributed by atoms with E-state index in [9.17, 15) is 21.6 Å². The SMILES string of the molecule is CC(C(F)(F)F)S(=O)(=O)NC1CCN(Cc2ccccn2)CC1. The van der Waals surface area contributed by atoms with E-state index in [1.807, 2.05) is 18.2 Å². The first-order valence-corrected chi connectivity index (χ1v) is 8.93. The lowest BCUT2D eigenvalue weighted by molar-refractivity contribution is -0.127. The number of rotatable bonds is 5. The molecule has 1 aromatic rings. The Balaban J connectivity index is 1.85. The van der Waals surface area contributed by atoms with Crippen LogP contribution in [0.1, 0.15) is 25.5 Å². The van der Waals surface area contributed by atoms with Crippen LogP contribution in [0.25, 0.3) is 0 Å². The van der Waals surface area contributed by atoms with Gasteiger partial charge in [-0.2, -0.15) is 13.2 Å². The summed E-state index contributed by atoms with van der Waals surface area (Å²) in [7, 11) is -4.40. The molecule has 23 heavy (non-hydrogen) atoms. The molecule has 1 atom stereocenters. The Morgan fingerprint density at radius 3 is 2.52 bits per heavy atom. The Morgan fingerprint density at radius 1 is 1.35 bits per heavy atom. The zero-order chi connectivity index (χ0) is 17.1. The maximum Gasteiger partial charge on any atom is 0.406 e. The summed E-state index contributed by atoms with van der Waals surface area (Å²) in [6.07, 6.45) is -2.09. The first-order chi connectivity index (χ1) is 10.7. The Labute approximate surface area is 133 Å². The van der Waals surface area contributed by atoms with Crippen molar-refractivity contribution in [3.63, 3.8) is 0 Å². The van der Waals surface area contributed by atoms with Crippen molar-refractivity contribution in [3.8, 4) is 0 Å². The molecule has 1 N–H and O–H groups in total. The number of nitrogens with one attached hydrogen (secondary N) is 1. The van der Waals surface area contributed by atoms with Crippen molar-refractivity contribution in [1.29, 1.82) is 0 Å². The molecule has 1 unspecified atom stereocenters. The molecule has 0 aliphatic carbocycles. The maximum absolute atomic E-state index is 12.6. The number of hydrogen-bond acceptors (Lipinski definition) is 4. The van der Waals surface area contributed by atoms with Gasteiger partial charge in [0, 0.05) is 31.9 Å². The van der Waals surface area contributed by atoms with Crippen LogP contribution in [0.3, 0.4) is 0 Å². The van der Waals surface area contributed by atoms with Crippen LogP contribution < -0.4 is 4.72 Å². The fraction of sp³-hybridized carbons (Fsp3) is 0.643. The number of alkyl halides is 3. The Morgan fingerprint density at radius 2 is 2.00 bits per heavy atom. The van der Waals surface area contributed by atoms with Crippen molar-refractivity contribution in [3.05, 3.63) is 30.1 Å². The summed E-state index contributed by atoms with van der Waals surface area (Å²) in [5.74, 6) is 0. The summed E-state index contributed by atoms with van der Waals surface area (Å²) >= 11 is 0. The van der Waals surface area contributed by atoms with E-state index >= 15 is 0 Å². The van der Waals surface area contributed by atoms with E-state index < -0.39 is 27.5 Å². The average Bonchev–Trinajstić information content (AvgIpc) is 2.48. The quantitative estimate of drug-likeness (QED) is 0.880. The summed E-state index contributed by atoms with van der Waals surface area (Å²) in [5, 5.41) is -2.40. The third-order valence-corrected chi connectivity index (χ3v) is 5.82. The maximum atomic E-state index is 12.6. The molecule has 5 nitrogen and oxygen atoms in total. The summed E-state index contributed by atoms with van der Waals surface area (Å²) in [5.41, 5.74) is 0.914. The second kappa shape index (κ2) is 7.14. The number of likely N-dealkylation sites (tertiary alicyclic amines) is 1. The summed E-state index contributed by atoms with van der Waals surface area (Å²) in [4.78, 5) is 6.33. The van der Waals surface area contributed by atoms with Crippen LogP contribution >= 0.6 is 0 Å². The molecule has 1 saturated heterocycles. The van der Waals surface area contributed by atoms with E-state index in [1.165, 1.54) is 0 Å². The highest BCUT2D eigenvalue weighted by molar-refractivity contribution is 7.90.